The van der Waals surface area contributed by atoms with E-state index in [2.05, 4.69) is 0 Å². The number of carbonyl (C=O) groups excluding carboxylic acids is 2. The molecular formula is C11H18I2O6. The van der Waals surface area contributed by atoms with Crippen LogP contribution in [-0.4, -0.2) is 46.6 Å². The summed E-state index contributed by atoms with van der Waals surface area (Å²) in [6.07, 6.45) is 0.641. The summed E-state index contributed by atoms with van der Waals surface area (Å²) in [7, 11) is 0. The molecule has 0 saturated heterocycles. The second-order valence-corrected chi connectivity index (χ2v) is 6.29. The number of esters is 2. The van der Waals surface area contributed by atoms with Gasteiger partial charge in [-0.2, -0.15) is 0 Å². The smallest absolute Gasteiger partial charge is 0.303 e. The number of rotatable bonds is 10. The molecule has 19 heavy (non-hydrogen) atoms. The van der Waals surface area contributed by atoms with Gasteiger partial charge in [0.1, 0.15) is 0 Å². The number of ether oxygens (including phenoxy) is 4. The van der Waals surface area contributed by atoms with E-state index in [0.29, 0.717) is 32.8 Å². The summed E-state index contributed by atoms with van der Waals surface area (Å²) in [4.78, 5) is 21.3. The predicted molar refractivity (Wildman–Crippen MR) is 85.4 cm³/mol. The zero-order valence-electron chi connectivity index (χ0n) is 10.9. The van der Waals surface area contributed by atoms with E-state index in [0.717, 1.165) is 0 Å². The molecule has 8 heteroatoms. The van der Waals surface area contributed by atoms with E-state index in [4.69, 9.17) is 18.9 Å². The fourth-order valence-corrected chi connectivity index (χ4v) is 2.25. The predicted octanol–water partition coefficient (Wildman–Crippen LogP) is 2.06. The third-order valence-corrected chi connectivity index (χ3v) is 3.19. The van der Waals surface area contributed by atoms with Gasteiger partial charge < -0.3 is 18.9 Å². The first-order valence-corrected chi connectivity index (χ1v) is 8.19. The third kappa shape index (κ3) is 14.5. The maximum atomic E-state index is 10.6. The fourth-order valence-electron chi connectivity index (χ4n) is 1.03. The molecule has 2 atom stereocenters. The van der Waals surface area contributed by atoms with E-state index in [9.17, 15) is 9.59 Å². The van der Waals surface area contributed by atoms with Gasteiger partial charge in [0.25, 0.3) is 0 Å². The number of carbonyl (C=O) groups is 2. The average Bonchev–Trinajstić information content (AvgIpc) is 2.25. The van der Waals surface area contributed by atoms with Crippen molar-refractivity contribution in [1.82, 2.24) is 0 Å². The standard InChI is InChI=1S/C11H18I2O6/c1-8(14)18-10(12)3-4-16-5-6-17-7-11(13)19-9(2)15/h10-11H,3-7H2,1-2H3. The maximum absolute atomic E-state index is 10.6. The molecule has 2 unspecified atom stereocenters. The lowest BCUT2D eigenvalue weighted by Crippen LogP contribution is -2.18. The molecule has 0 N–H and O–H groups in total. The molecule has 0 fully saturated rings. The van der Waals surface area contributed by atoms with E-state index in [1.54, 1.807) is 0 Å². The molecule has 0 heterocycles. The van der Waals surface area contributed by atoms with Crippen LogP contribution in [-0.2, 0) is 28.5 Å². The molecule has 0 aliphatic carbocycles. The van der Waals surface area contributed by atoms with E-state index >= 15 is 0 Å². The van der Waals surface area contributed by atoms with Crippen molar-refractivity contribution in [3.8, 4) is 0 Å². The van der Waals surface area contributed by atoms with Crippen LogP contribution in [0.25, 0.3) is 0 Å². The lowest BCUT2D eigenvalue weighted by Gasteiger charge is -2.12. The highest BCUT2D eigenvalue weighted by Gasteiger charge is 2.08. The summed E-state index contributed by atoms with van der Waals surface area (Å²) in [6.45, 7) is 4.46. The van der Waals surface area contributed by atoms with Gasteiger partial charge >= 0.3 is 11.9 Å². The van der Waals surface area contributed by atoms with Gasteiger partial charge in [-0.15, -0.1) is 0 Å². The van der Waals surface area contributed by atoms with E-state index in [1.807, 2.05) is 45.2 Å². The summed E-state index contributed by atoms with van der Waals surface area (Å²) in [5, 5.41) is 0. The minimum atomic E-state index is -0.321. The van der Waals surface area contributed by atoms with E-state index in [-0.39, 0.29) is 20.2 Å². The monoisotopic (exact) mass is 500 g/mol. The molecule has 6 nitrogen and oxygen atoms in total. The number of alkyl halides is 2. The van der Waals surface area contributed by atoms with Crippen molar-refractivity contribution in [1.29, 1.82) is 0 Å². The molecule has 0 aliphatic heterocycles. The molecule has 0 amide bonds. The second kappa shape index (κ2) is 12.1. The highest BCUT2D eigenvalue weighted by atomic mass is 127. The highest BCUT2D eigenvalue weighted by molar-refractivity contribution is 14.1. The first-order valence-electron chi connectivity index (χ1n) is 5.70. The van der Waals surface area contributed by atoms with Gasteiger partial charge in [0.15, 0.2) is 8.22 Å². The molecule has 0 spiro atoms. The quantitative estimate of drug-likeness (QED) is 0.198. The Balaban J connectivity index is 3.31. The number of hydrogen-bond acceptors (Lipinski definition) is 6. The van der Waals surface area contributed by atoms with Crippen molar-refractivity contribution in [2.75, 3.05) is 26.4 Å². The molecule has 0 aromatic rings. The van der Waals surface area contributed by atoms with Crippen LogP contribution in [0.1, 0.15) is 20.3 Å². The second-order valence-electron chi connectivity index (χ2n) is 3.51. The van der Waals surface area contributed by atoms with Crippen molar-refractivity contribution >= 4 is 57.1 Å². The van der Waals surface area contributed by atoms with Crippen LogP contribution in [0.5, 0.6) is 0 Å². The van der Waals surface area contributed by atoms with Crippen LogP contribution in [0.2, 0.25) is 0 Å². The molecular weight excluding hydrogens is 482 g/mol. The Hall–Kier alpha value is 0.320. The lowest BCUT2D eigenvalue weighted by molar-refractivity contribution is -0.143. The Morgan fingerprint density at radius 2 is 1.42 bits per heavy atom. The van der Waals surface area contributed by atoms with E-state index < -0.39 is 0 Å². The molecule has 112 valence electrons. The SMILES string of the molecule is CC(=O)OC(I)CCOCCOCC(I)OC(C)=O. The van der Waals surface area contributed by atoms with Crippen LogP contribution < -0.4 is 0 Å². The first-order chi connectivity index (χ1) is 8.91. The normalized spacial score (nSPS) is 13.7. The number of hydrogen-bond donors (Lipinski definition) is 0. The zero-order valence-corrected chi connectivity index (χ0v) is 15.2. The van der Waals surface area contributed by atoms with Gasteiger partial charge in [0.2, 0.25) is 0 Å². The van der Waals surface area contributed by atoms with Crippen LogP contribution in [0.15, 0.2) is 0 Å². The summed E-state index contributed by atoms with van der Waals surface area (Å²) >= 11 is 4.03. The summed E-state index contributed by atoms with van der Waals surface area (Å²) in [5.41, 5.74) is 0. The summed E-state index contributed by atoms with van der Waals surface area (Å²) < 4.78 is 20.0. The molecule has 0 aromatic heterocycles. The maximum Gasteiger partial charge on any atom is 0.303 e. The van der Waals surface area contributed by atoms with Crippen molar-refractivity contribution in [2.45, 2.75) is 28.5 Å². The van der Waals surface area contributed by atoms with Gasteiger partial charge in [-0.1, -0.05) is 0 Å². The minimum absolute atomic E-state index is 0.168. The Labute approximate surface area is 140 Å². The fraction of sp³-hybridized carbons (Fsp3) is 0.818. The molecule has 0 radical (unpaired) electrons. The Kier molecular flexibility index (Phi) is 12.3. The Morgan fingerprint density at radius 3 is 2.00 bits per heavy atom. The van der Waals surface area contributed by atoms with Gasteiger partial charge in [-0.25, -0.2) is 0 Å². The van der Waals surface area contributed by atoms with Gasteiger partial charge in [0.05, 0.1) is 26.4 Å². The van der Waals surface area contributed by atoms with Crippen LogP contribution in [0, 0.1) is 0 Å². The molecule has 0 rings (SSSR count). The Bertz CT molecular complexity index is 248. The molecule has 0 aromatic carbocycles. The van der Waals surface area contributed by atoms with Crippen molar-refractivity contribution in [3.63, 3.8) is 0 Å². The van der Waals surface area contributed by atoms with Gasteiger partial charge in [-0.05, 0) is 45.2 Å². The molecule has 0 aliphatic rings. The average molecular weight is 500 g/mol. The largest absolute Gasteiger partial charge is 0.452 e. The summed E-state index contributed by atoms with van der Waals surface area (Å²) in [6, 6.07) is 0. The van der Waals surface area contributed by atoms with Gasteiger partial charge in [0, 0.05) is 20.3 Å². The minimum Gasteiger partial charge on any atom is -0.452 e. The van der Waals surface area contributed by atoms with Crippen LogP contribution in [0.3, 0.4) is 0 Å². The summed E-state index contributed by atoms with van der Waals surface area (Å²) in [5.74, 6) is -0.612. The van der Waals surface area contributed by atoms with Crippen LogP contribution >= 0.6 is 45.2 Å². The third-order valence-electron chi connectivity index (χ3n) is 1.70. The zero-order chi connectivity index (χ0) is 14.7. The van der Waals surface area contributed by atoms with Crippen LogP contribution in [0.4, 0.5) is 0 Å². The van der Waals surface area contributed by atoms with Gasteiger partial charge in [-0.3, -0.25) is 9.59 Å². The number of halogens is 2. The van der Waals surface area contributed by atoms with Crippen molar-refractivity contribution < 1.29 is 28.5 Å². The lowest BCUT2D eigenvalue weighted by atomic mass is 10.5. The topological polar surface area (TPSA) is 71.1 Å². The molecule has 0 bridgehead atoms. The van der Waals surface area contributed by atoms with Crippen molar-refractivity contribution in [3.05, 3.63) is 0 Å². The molecule has 0 saturated carbocycles. The van der Waals surface area contributed by atoms with Crippen molar-refractivity contribution in [2.24, 2.45) is 0 Å². The Morgan fingerprint density at radius 1 is 0.895 bits per heavy atom. The highest BCUT2D eigenvalue weighted by Crippen LogP contribution is 2.08. The first kappa shape index (κ1) is 19.3. The van der Waals surface area contributed by atoms with E-state index in [1.165, 1.54) is 13.8 Å².